The van der Waals surface area contributed by atoms with Gasteiger partial charge in [-0.15, -0.1) is 0 Å². The standard InChI is InChI=1S/C32H34N4O7/c1-19(37)43-18-26(39)33-22-14-8-9-15-23(22)34-31(40)29-30(42-3)27-28(35(29)2)21-13-7-10-16-24(21)36(32(27)41)17-25(38)20-11-5-4-6-12-20/h4-7,10-13,16,22-23H,8-9,14-15,17-18H2,1-3H3,(H,33,39)(H,34,40)/t22-,23-/m0/s1. The molecular weight excluding hydrogens is 552 g/mol. The van der Waals surface area contributed by atoms with Crippen molar-refractivity contribution in [3.05, 3.63) is 76.2 Å². The summed E-state index contributed by atoms with van der Waals surface area (Å²) in [5.41, 5.74) is 1.27. The van der Waals surface area contributed by atoms with Crippen molar-refractivity contribution in [2.45, 2.75) is 51.2 Å². The molecule has 2 amide bonds. The van der Waals surface area contributed by atoms with Crippen LogP contribution in [0.2, 0.25) is 0 Å². The van der Waals surface area contributed by atoms with Crippen LogP contribution in [-0.2, 0) is 27.9 Å². The van der Waals surface area contributed by atoms with E-state index in [1.54, 1.807) is 48.0 Å². The zero-order valence-electron chi connectivity index (χ0n) is 24.3. The average Bonchev–Trinajstić information content (AvgIpc) is 3.31. The molecule has 11 nitrogen and oxygen atoms in total. The number of fused-ring (bicyclic) bond motifs is 3. The molecule has 0 unspecified atom stereocenters. The molecule has 1 aliphatic rings. The molecule has 0 saturated heterocycles. The molecule has 5 rings (SSSR count). The maximum absolute atomic E-state index is 14.1. The van der Waals surface area contributed by atoms with Crippen molar-refractivity contribution in [2.75, 3.05) is 13.7 Å². The van der Waals surface area contributed by atoms with Crippen LogP contribution in [0.4, 0.5) is 0 Å². The molecule has 43 heavy (non-hydrogen) atoms. The highest BCUT2D eigenvalue weighted by atomic mass is 16.5. The van der Waals surface area contributed by atoms with E-state index in [2.05, 4.69) is 10.6 Å². The van der Waals surface area contributed by atoms with Crippen LogP contribution in [0.3, 0.4) is 0 Å². The van der Waals surface area contributed by atoms with E-state index < -0.39 is 29.9 Å². The van der Waals surface area contributed by atoms with E-state index in [0.717, 1.165) is 12.8 Å². The Morgan fingerprint density at radius 1 is 0.930 bits per heavy atom. The smallest absolute Gasteiger partial charge is 0.303 e. The van der Waals surface area contributed by atoms with Gasteiger partial charge in [0.05, 0.1) is 24.7 Å². The Morgan fingerprint density at radius 3 is 2.26 bits per heavy atom. The highest BCUT2D eigenvalue weighted by Gasteiger charge is 2.32. The van der Waals surface area contributed by atoms with Crippen LogP contribution in [0.15, 0.2) is 59.4 Å². The first kappa shape index (κ1) is 29.6. The Morgan fingerprint density at radius 2 is 1.58 bits per heavy atom. The lowest BCUT2D eigenvalue weighted by Gasteiger charge is -2.32. The SMILES string of the molecule is COc1c(C(=O)N[C@H]2CCCC[C@@H]2NC(=O)COC(C)=O)n(C)c2c1c(=O)n(CC(=O)c1ccccc1)c1ccccc21. The van der Waals surface area contributed by atoms with Gasteiger partial charge in [0.1, 0.15) is 5.39 Å². The second-order valence-corrected chi connectivity index (χ2v) is 10.7. The normalized spacial score (nSPS) is 16.5. The molecule has 11 heteroatoms. The number of nitrogens with one attached hydrogen (secondary N) is 2. The number of carbonyl (C=O) groups excluding carboxylic acids is 4. The molecule has 1 saturated carbocycles. The van der Waals surface area contributed by atoms with Gasteiger partial charge in [0.15, 0.2) is 23.8 Å². The molecule has 2 atom stereocenters. The van der Waals surface area contributed by atoms with E-state index in [-0.39, 0.29) is 41.2 Å². The third-order valence-electron chi connectivity index (χ3n) is 7.91. The van der Waals surface area contributed by atoms with Gasteiger partial charge in [-0.05, 0) is 18.9 Å². The van der Waals surface area contributed by atoms with Gasteiger partial charge in [0, 0.05) is 37.0 Å². The molecule has 2 aromatic carbocycles. The van der Waals surface area contributed by atoms with Gasteiger partial charge in [-0.1, -0.05) is 61.4 Å². The molecular formula is C32H34N4O7. The van der Waals surface area contributed by atoms with E-state index in [9.17, 15) is 24.0 Å². The number of para-hydroxylation sites is 1. The minimum Gasteiger partial charge on any atom is -0.493 e. The summed E-state index contributed by atoms with van der Waals surface area (Å²) >= 11 is 0. The van der Waals surface area contributed by atoms with E-state index >= 15 is 0 Å². The maximum atomic E-state index is 14.1. The number of benzene rings is 2. The number of methoxy groups -OCH3 is 1. The van der Waals surface area contributed by atoms with Crippen molar-refractivity contribution in [2.24, 2.45) is 7.05 Å². The zero-order valence-corrected chi connectivity index (χ0v) is 24.3. The predicted molar refractivity (Wildman–Crippen MR) is 160 cm³/mol. The first-order valence-corrected chi connectivity index (χ1v) is 14.2. The second kappa shape index (κ2) is 12.5. The maximum Gasteiger partial charge on any atom is 0.303 e. The van der Waals surface area contributed by atoms with E-state index in [4.69, 9.17) is 9.47 Å². The minimum absolute atomic E-state index is 0.109. The van der Waals surface area contributed by atoms with Crippen LogP contribution in [0.1, 0.15) is 53.5 Å². The van der Waals surface area contributed by atoms with Crippen LogP contribution < -0.4 is 20.9 Å². The first-order chi connectivity index (χ1) is 20.7. The highest BCUT2D eigenvalue weighted by Crippen LogP contribution is 2.35. The highest BCUT2D eigenvalue weighted by molar-refractivity contribution is 6.12. The van der Waals surface area contributed by atoms with Gasteiger partial charge >= 0.3 is 5.97 Å². The van der Waals surface area contributed by atoms with Crippen molar-refractivity contribution >= 4 is 45.4 Å². The van der Waals surface area contributed by atoms with E-state index in [1.807, 2.05) is 18.2 Å². The van der Waals surface area contributed by atoms with Crippen LogP contribution >= 0.6 is 0 Å². The lowest BCUT2D eigenvalue weighted by Crippen LogP contribution is -2.54. The summed E-state index contributed by atoms with van der Waals surface area (Å²) in [6.07, 6.45) is 3.01. The van der Waals surface area contributed by atoms with Crippen LogP contribution in [-0.4, -0.2) is 58.5 Å². The number of Topliss-reactive ketones (excluding diaryl/α,β-unsaturated/α-hetero) is 1. The summed E-state index contributed by atoms with van der Waals surface area (Å²) in [6, 6.07) is 15.3. The number of amides is 2. The van der Waals surface area contributed by atoms with Gasteiger partial charge in [0.25, 0.3) is 17.4 Å². The number of rotatable bonds is 9. The molecule has 1 fully saturated rings. The number of nitrogens with zero attached hydrogens (tertiary/aromatic N) is 2. The Kier molecular flexibility index (Phi) is 8.61. The molecule has 2 aromatic heterocycles. The molecule has 2 heterocycles. The quantitative estimate of drug-likeness (QED) is 0.227. The molecule has 0 aliphatic heterocycles. The summed E-state index contributed by atoms with van der Waals surface area (Å²) < 4.78 is 13.6. The summed E-state index contributed by atoms with van der Waals surface area (Å²) in [4.78, 5) is 64.6. The predicted octanol–water partition coefficient (Wildman–Crippen LogP) is 3.11. The van der Waals surface area contributed by atoms with E-state index in [1.165, 1.54) is 18.6 Å². The largest absolute Gasteiger partial charge is 0.493 e. The third kappa shape index (κ3) is 5.88. The number of ether oxygens (including phenoxy) is 2. The first-order valence-electron chi connectivity index (χ1n) is 14.2. The lowest BCUT2D eigenvalue weighted by molar-refractivity contribution is -0.146. The molecule has 0 bridgehead atoms. The lowest BCUT2D eigenvalue weighted by atomic mass is 9.90. The Balaban J connectivity index is 1.53. The molecule has 224 valence electrons. The fraction of sp³-hybridized carbons (Fsp3) is 0.344. The summed E-state index contributed by atoms with van der Waals surface area (Å²) in [5, 5.41) is 6.80. The van der Waals surface area contributed by atoms with Crippen molar-refractivity contribution in [1.29, 1.82) is 0 Å². The summed E-state index contributed by atoms with van der Waals surface area (Å²) in [6.45, 7) is 0.651. The van der Waals surface area contributed by atoms with Gasteiger partial charge in [0.2, 0.25) is 0 Å². The molecule has 0 radical (unpaired) electrons. The topological polar surface area (TPSA) is 138 Å². The van der Waals surface area contributed by atoms with Crippen molar-refractivity contribution in [3.63, 3.8) is 0 Å². The summed E-state index contributed by atoms with van der Waals surface area (Å²) in [5.74, 6) is -1.57. The average molecular weight is 587 g/mol. The number of pyridine rings is 1. The van der Waals surface area contributed by atoms with E-state index in [0.29, 0.717) is 34.8 Å². The van der Waals surface area contributed by atoms with Crippen LogP contribution in [0.25, 0.3) is 21.8 Å². The van der Waals surface area contributed by atoms with Crippen molar-refractivity contribution < 1.29 is 28.7 Å². The second-order valence-electron chi connectivity index (χ2n) is 10.7. The van der Waals surface area contributed by atoms with Gasteiger partial charge in [-0.2, -0.15) is 0 Å². The Hall–Kier alpha value is -4.93. The zero-order chi connectivity index (χ0) is 30.7. The summed E-state index contributed by atoms with van der Waals surface area (Å²) in [7, 11) is 3.10. The number of carbonyl (C=O) groups is 4. The number of hydrogen-bond donors (Lipinski definition) is 2. The van der Waals surface area contributed by atoms with Gasteiger partial charge < -0.3 is 24.7 Å². The number of esters is 1. The molecule has 2 N–H and O–H groups in total. The minimum atomic E-state index is -0.553. The number of aromatic nitrogens is 2. The van der Waals surface area contributed by atoms with Crippen molar-refractivity contribution in [1.82, 2.24) is 19.8 Å². The fourth-order valence-electron chi connectivity index (χ4n) is 5.92. The third-order valence-corrected chi connectivity index (χ3v) is 7.91. The fourth-order valence-corrected chi connectivity index (χ4v) is 5.92. The Bertz CT molecular complexity index is 1770. The molecule has 1 aliphatic carbocycles. The number of aryl methyl sites for hydroxylation is 1. The molecule has 0 spiro atoms. The monoisotopic (exact) mass is 586 g/mol. The molecule has 4 aromatic rings. The number of ketones is 1. The number of hydrogen-bond acceptors (Lipinski definition) is 7. The van der Waals surface area contributed by atoms with Gasteiger partial charge in [-0.3, -0.25) is 28.5 Å². The van der Waals surface area contributed by atoms with Crippen LogP contribution in [0.5, 0.6) is 5.75 Å². The van der Waals surface area contributed by atoms with Crippen molar-refractivity contribution in [3.8, 4) is 5.75 Å². The van der Waals surface area contributed by atoms with Gasteiger partial charge in [-0.25, -0.2) is 0 Å². The Labute approximate surface area is 247 Å². The van der Waals surface area contributed by atoms with Crippen LogP contribution in [0, 0.1) is 0 Å².